The van der Waals surface area contributed by atoms with Gasteiger partial charge in [0, 0.05) is 17.8 Å². The molecule has 2 N–H and O–H groups in total. The summed E-state index contributed by atoms with van der Waals surface area (Å²) in [6.07, 6.45) is 1.88. The number of rotatable bonds is 5. The van der Waals surface area contributed by atoms with Crippen molar-refractivity contribution in [3.8, 4) is 5.69 Å². The first-order valence-corrected chi connectivity index (χ1v) is 6.48. The quantitative estimate of drug-likeness (QED) is 0.864. The van der Waals surface area contributed by atoms with E-state index >= 15 is 0 Å². The van der Waals surface area contributed by atoms with Crippen molar-refractivity contribution < 1.29 is 5.11 Å². The molecule has 0 radical (unpaired) electrons. The van der Waals surface area contributed by atoms with Gasteiger partial charge in [-0.15, -0.1) is 0 Å². The third-order valence-electron chi connectivity index (χ3n) is 3.17. The van der Waals surface area contributed by atoms with Gasteiger partial charge in [-0.3, -0.25) is 4.57 Å². The summed E-state index contributed by atoms with van der Waals surface area (Å²) in [5.41, 5.74) is 1.90. The Hall–Kier alpha value is -1.65. The molecule has 0 saturated heterocycles. The molecule has 0 spiro atoms. The summed E-state index contributed by atoms with van der Waals surface area (Å²) in [5.74, 6) is 0.963. The molecule has 0 aliphatic rings. The molecule has 102 valence electrons. The number of nitrogens with zero attached hydrogens (tertiary/aromatic N) is 2. The van der Waals surface area contributed by atoms with E-state index in [9.17, 15) is 5.11 Å². The normalized spacial score (nSPS) is 11.8. The number of aromatic nitrogens is 2. The molecule has 19 heavy (non-hydrogen) atoms. The molecule has 1 aromatic carbocycles. The van der Waals surface area contributed by atoms with E-state index in [1.54, 1.807) is 0 Å². The summed E-state index contributed by atoms with van der Waals surface area (Å²) in [4.78, 5) is 4.38. The zero-order valence-corrected chi connectivity index (χ0v) is 11.7. The number of aryl methyl sites for hydroxylation is 1. The topological polar surface area (TPSA) is 50.1 Å². The van der Waals surface area contributed by atoms with Crippen molar-refractivity contribution in [2.45, 2.75) is 32.9 Å². The first kappa shape index (κ1) is 13.8. The van der Waals surface area contributed by atoms with Crippen LogP contribution in [-0.2, 0) is 6.54 Å². The van der Waals surface area contributed by atoms with Crippen LogP contribution in [0.25, 0.3) is 5.69 Å². The lowest BCUT2D eigenvalue weighted by Crippen LogP contribution is -2.42. The monoisotopic (exact) mass is 259 g/mol. The number of hydrogen-bond acceptors (Lipinski definition) is 3. The van der Waals surface area contributed by atoms with Gasteiger partial charge >= 0.3 is 0 Å². The van der Waals surface area contributed by atoms with Crippen LogP contribution in [0.4, 0.5) is 0 Å². The highest BCUT2D eigenvalue weighted by molar-refractivity contribution is 5.35. The van der Waals surface area contributed by atoms with E-state index in [1.165, 1.54) is 0 Å². The average molecular weight is 259 g/mol. The van der Waals surface area contributed by atoms with E-state index in [-0.39, 0.29) is 12.1 Å². The van der Waals surface area contributed by atoms with Gasteiger partial charge in [-0.2, -0.15) is 0 Å². The van der Waals surface area contributed by atoms with Crippen LogP contribution in [0.15, 0.2) is 36.5 Å². The van der Waals surface area contributed by atoms with Crippen LogP contribution in [0.1, 0.15) is 25.4 Å². The highest BCUT2D eigenvalue weighted by Crippen LogP contribution is 2.15. The van der Waals surface area contributed by atoms with E-state index < -0.39 is 0 Å². The van der Waals surface area contributed by atoms with E-state index in [2.05, 4.69) is 27.0 Å². The van der Waals surface area contributed by atoms with Crippen LogP contribution < -0.4 is 5.32 Å². The minimum Gasteiger partial charge on any atom is -0.394 e. The van der Waals surface area contributed by atoms with E-state index in [4.69, 9.17) is 0 Å². The van der Waals surface area contributed by atoms with Gasteiger partial charge in [-0.1, -0.05) is 18.2 Å². The van der Waals surface area contributed by atoms with Crippen LogP contribution in [0.5, 0.6) is 0 Å². The summed E-state index contributed by atoms with van der Waals surface area (Å²) in [5, 5.41) is 12.6. The molecule has 1 aromatic heterocycles. The van der Waals surface area contributed by atoms with Gasteiger partial charge in [0.25, 0.3) is 0 Å². The Morgan fingerprint density at radius 3 is 2.58 bits per heavy atom. The second-order valence-electron chi connectivity index (χ2n) is 5.36. The van der Waals surface area contributed by atoms with Crippen molar-refractivity contribution in [2.75, 3.05) is 6.61 Å². The maximum atomic E-state index is 9.28. The molecule has 2 aromatic rings. The molecule has 4 nitrogen and oxygen atoms in total. The van der Waals surface area contributed by atoms with Crippen molar-refractivity contribution in [3.05, 3.63) is 48.0 Å². The Morgan fingerprint density at radius 1 is 1.26 bits per heavy atom. The van der Waals surface area contributed by atoms with Crippen LogP contribution in [0.3, 0.4) is 0 Å². The lowest BCUT2D eigenvalue weighted by atomic mass is 10.1. The third-order valence-corrected chi connectivity index (χ3v) is 3.17. The number of aliphatic hydroxyl groups excluding tert-OH is 1. The number of imidazole rings is 1. The lowest BCUT2D eigenvalue weighted by Gasteiger charge is -2.24. The van der Waals surface area contributed by atoms with Crippen LogP contribution >= 0.6 is 0 Å². The molecule has 0 unspecified atom stereocenters. The minimum absolute atomic E-state index is 0.103. The Morgan fingerprint density at radius 2 is 1.95 bits per heavy atom. The molecule has 2 rings (SSSR count). The van der Waals surface area contributed by atoms with Gasteiger partial charge < -0.3 is 10.4 Å². The van der Waals surface area contributed by atoms with Crippen molar-refractivity contribution in [1.82, 2.24) is 14.9 Å². The van der Waals surface area contributed by atoms with E-state index in [1.807, 2.05) is 45.2 Å². The van der Waals surface area contributed by atoms with Crippen molar-refractivity contribution in [3.63, 3.8) is 0 Å². The molecule has 0 amide bonds. The Kier molecular flexibility index (Phi) is 4.02. The molecule has 0 bridgehead atoms. The van der Waals surface area contributed by atoms with Gasteiger partial charge in [-0.05, 0) is 32.9 Å². The number of para-hydroxylation sites is 1. The summed E-state index contributed by atoms with van der Waals surface area (Å²) in [6, 6.07) is 10.2. The first-order chi connectivity index (χ1) is 9.03. The second-order valence-corrected chi connectivity index (χ2v) is 5.36. The molecule has 4 heteroatoms. The maximum absolute atomic E-state index is 9.28. The van der Waals surface area contributed by atoms with E-state index in [0.29, 0.717) is 6.54 Å². The summed E-state index contributed by atoms with van der Waals surface area (Å²) in [6.45, 7) is 6.72. The summed E-state index contributed by atoms with van der Waals surface area (Å²) in [7, 11) is 0. The highest BCUT2D eigenvalue weighted by atomic mass is 16.3. The molecule has 1 heterocycles. The SMILES string of the molecule is Cc1ncc(CNC(C)(C)CO)n1-c1ccccc1. The molecular weight excluding hydrogens is 238 g/mol. The fraction of sp³-hybridized carbons (Fsp3) is 0.400. The zero-order valence-electron chi connectivity index (χ0n) is 11.7. The smallest absolute Gasteiger partial charge is 0.110 e. The molecule has 0 aliphatic carbocycles. The molecular formula is C15H21N3O. The van der Waals surface area contributed by atoms with Gasteiger partial charge in [0.2, 0.25) is 0 Å². The first-order valence-electron chi connectivity index (χ1n) is 6.48. The number of aliphatic hydroxyl groups is 1. The zero-order chi connectivity index (χ0) is 13.9. The number of hydrogen-bond donors (Lipinski definition) is 2. The summed E-state index contributed by atoms with van der Waals surface area (Å²) >= 11 is 0. The predicted molar refractivity (Wildman–Crippen MR) is 76.3 cm³/mol. The van der Waals surface area contributed by atoms with Gasteiger partial charge in [0.15, 0.2) is 0 Å². The van der Waals surface area contributed by atoms with Crippen LogP contribution in [-0.4, -0.2) is 26.8 Å². The van der Waals surface area contributed by atoms with Crippen molar-refractivity contribution in [1.29, 1.82) is 0 Å². The fourth-order valence-electron chi connectivity index (χ4n) is 1.93. The highest BCUT2D eigenvalue weighted by Gasteiger charge is 2.17. The number of nitrogens with one attached hydrogen (secondary N) is 1. The Balaban J connectivity index is 2.24. The fourth-order valence-corrected chi connectivity index (χ4v) is 1.93. The largest absolute Gasteiger partial charge is 0.394 e. The van der Waals surface area contributed by atoms with Gasteiger partial charge in [0.1, 0.15) is 5.82 Å². The standard InChI is InChI=1S/C15H21N3O/c1-12-16-9-14(10-17-15(2,3)11-19)18(12)13-7-5-4-6-8-13/h4-9,17,19H,10-11H2,1-3H3. The molecule has 0 saturated carbocycles. The summed E-state index contributed by atoms with van der Waals surface area (Å²) < 4.78 is 2.13. The molecule has 0 aliphatic heterocycles. The third kappa shape index (κ3) is 3.22. The number of benzene rings is 1. The lowest BCUT2D eigenvalue weighted by molar-refractivity contribution is 0.187. The van der Waals surface area contributed by atoms with Gasteiger partial charge in [-0.25, -0.2) is 4.98 Å². The molecule has 0 atom stereocenters. The Bertz CT molecular complexity index is 532. The van der Waals surface area contributed by atoms with Gasteiger partial charge in [0.05, 0.1) is 18.5 Å². The average Bonchev–Trinajstić information content (AvgIpc) is 2.79. The second kappa shape index (κ2) is 5.55. The Labute approximate surface area is 114 Å². The maximum Gasteiger partial charge on any atom is 0.110 e. The predicted octanol–water partition coefficient (Wildman–Crippen LogP) is 2.04. The van der Waals surface area contributed by atoms with E-state index in [0.717, 1.165) is 17.2 Å². The van der Waals surface area contributed by atoms with Crippen LogP contribution in [0, 0.1) is 6.92 Å². The van der Waals surface area contributed by atoms with Crippen molar-refractivity contribution in [2.24, 2.45) is 0 Å². The minimum atomic E-state index is -0.292. The van der Waals surface area contributed by atoms with Crippen LogP contribution in [0.2, 0.25) is 0 Å². The molecule has 0 fully saturated rings. The van der Waals surface area contributed by atoms with Crippen molar-refractivity contribution >= 4 is 0 Å².